The van der Waals surface area contributed by atoms with Gasteiger partial charge in [0.15, 0.2) is 0 Å². The van der Waals surface area contributed by atoms with E-state index in [4.69, 9.17) is 15.8 Å². The fraction of sp³-hybridized carbons (Fsp3) is 0.345. The van der Waals surface area contributed by atoms with Gasteiger partial charge in [-0.25, -0.2) is 0 Å². The molecule has 0 unspecified atom stereocenters. The van der Waals surface area contributed by atoms with Crippen molar-refractivity contribution in [2.45, 2.75) is 45.3 Å². The number of nitrogens with zero attached hydrogens (tertiary/aromatic N) is 2. The first-order valence-electron chi connectivity index (χ1n) is 12.8. The maximum atomic E-state index is 13.5. The predicted octanol–water partition coefficient (Wildman–Crippen LogP) is 7.27. The minimum absolute atomic E-state index is 0.0196. The molecule has 0 bridgehead atoms. The Hall–Kier alpha value is -3.24. The minimum atomic E-state index is -4.73. The van der Waals surface area contributed by atoms with Gasteiger partial charge in [-0.15, -0.1) is 0 Å². The number of alkyl halides is 3. The molecule has 3 aromatic carbocycles. The summed E-state index contributed by atoms with van der Waals surface area (Å²) in [5, 5.41) is 0.279. The lowest BCUT2D eigenvalue weighted by Gasteiger charge is -2.27. The van der Waals surface area contributed by atoms with Crippen molar-refractivity contribution >= 4 is 33.3 Å². The van der Waals surface area contributed by atoms with Crippen molar-refractivity contribution < 1.29 is 30.6 Å². The van der Waals surface area contributed by atoms with Crippen molar-refractivity contribution in [1.29, 1.82) is 0 Å². The predicted molar refractivity (Wildman–Crippen MR) is 150 cm³/mol. The summed E-state index contributed by atoms with van der Waals surface area (Å²) in [6.45, 7) is 9.31. The first kappa shape index (κ1) is 31.3. The number of benzene rings is 3. The van der Waals surface area contributed by atoms with E-state index in [-0.39, 0.29) is 29.1 Å². The molecular formula is C29H32ClF3N2O4S. The van der Waals surface area contributed by atoms with Gasteiger partial charge < -0.3 is 14.0 Å². The highest BCUT2D eigenvalue weighted by Crippen LogP contribution is 2.33. The average Bonchev–Trinajstić information content (AvgIpc) is 2.89. The molecule has 0 saturated heterocycles. The molecule has 0 fully saturated rings. The Kier molecular flexibility index (Phi) is 10.1. The van der Waals surface area contributed by atoms with E-state index in [1.54, 1.807) is 41.3 Å². The Morgan fingerprint density at radius 1 is 0.975 bits per heavy atom. The Bertz CT molecular complexity index is 1440. The summed E-state index contributed by atoms with van der Waals surface area (Å²) in [4.78, 5) is 16.4. The number of carbonyl (C=O) groups excluding carboxylic acids is 1. The molecule has 0 spiro atoms. The molecule has 3 aromatic rings. The zero-order chi connectivity index (χ0) is 29.7. The molecule has 0 N–H and O–H groups in total. The van der Waals surface area contributed by atoms with E-state index in [1.807, 2.05) is 32.6 Å². The highest BCUT2D eigenvalue weighted by atomic mass is 35.5. The van der Waals surface area contributed by atoms with Crippen LogP contribution in [0.3, 0.4) is 0 Å². The van der Waals surface area contributed by atoms with E-state index in [0.717, 1.165) is 18.2 Å². The van der Waals surface area contributed by atoms with E-state index < -0.39 is 26.8 Å². The van der Waals surface area contributed by atoms with Crippen molar-refractivity contribution in [2.24, 2.45) is 5.92 Å². The Morgan fingerprint density at radius 3 is 2.25 bits per heavy atom. The van der Waals surface area contributed by atoms with Crippen LogP contribution in [0.15, 0.2) is 71.6 Å². The zero-order valence-electron chi connectivity index (χ0n) is 22.7. The van der Waals surface area contributed by atoms with Crippen LogP contribution in [0.4, 0.5) is 18.9 Å². The van der Waals surface area contributed by atoms with Gasteiger partial charge >= 0.3 is 16.3 Å². The van der Waals surface area contributed by atoms with E-state index in [1.165, 1.54) is 6.07 Å². The minimum Gasteiger partial charge on any atom is -0.379 e. The molecule has 0 aromatic heterocycles. The molecule has 0 atom stereocenters. The summed E-state index contributed by atoms with van der Waals surface area (Å²) in [6.07, 6.45) is -4.73. The second-order valence-electron chi connectivity index (χ2n) is 9.59. The summed E-state index contributed by atoms with van der Waals surface area (Å²) < 4.78 is 71.7. The number of rotatable bonds is 11. The van der Waals surface area contributed by atoms with Crippen LogP contribution in [0.1, 0.15) is 49.2 Å². The van der Waals surface area contributed by atoms with Crippen LogP contribution in [0.25, 0.3) is 0 Å². The number of anilines is 1. The molecule has 0 radical (unpaired) electrons. The van der Waals surface area contributed by atoms with Crippen molar-refractivity contribution in [3.63, 3.8) is 0 Å². The van der Waals surface area contributed by atoms with Crippen LogP contribution in [0.5, 0.6) is 5.75 Å². The lowest BCUT2D eigenvalue weighted by atomic mass is 10.1. The topological polar surface area (TPSA) is 66.9 Å². The Morgan fingerprint density at radius 2 is 1.65 bits per heavy atom. The number of halogens is 4. The third-order valence-electron chi connectivity index (χ3n) is 6.17. The second kappa shape index (κ2) is 13.0. The first-order valence-corrected chi connectivity index (χ1v) is 14.6. The zero-order valence-corrected chi connectivity index (χ0v) is 24.3. The second-order valence-corrected chi connectivity index (χ2v) is 11.5. The summed E-state index contributed by atoms with van der Waals surface area (Å²) in [7, 11) is -4.66. The van der Waals surface area contributed by atoms with Crippen molar-refractivity contribution in [3.05, 3.63) is 88.4 Å². The summed E-state index contributed by atoms with van der Waals surface area (Å²) in [5.41, 5.74) is 0.217. The van der Waals surface area contributed by atoms with Crippen LogP contribution < -0.4 is 9.08 Å². The quantitative estimate of drug-likeness (QED) is 0.218. The van der Waals surface area contributed by atoms with Crippen LogP contribution in [0, 0.1) is 5.92 Å². The van der Waals surface area contributed by atoms with Gasteiger partial charge in [-0.05, 0) is 56.2 Å². The lowest BCUT2D eigenvalue weighted by molar-refractivity contribution is -0.137. The Labute approximate surface area is 238 Å². The highest BCUT2D eigenvalue weighted by molar-refractivity contribution is 7.87. The number of hydrogen-bond donors (Lipinski definition) is 0. The molecule has 6 nitrogen and oxygen atoms in total. The smallest absolute Gasteiger partial charge is 0.379 e. The van der Waals surface area contributed by atoms with Gasteiger partial charge in [-0.3, -0.25) is 4.79 Å². The lowest BCUT2D eigenvalue weighted by Crippen LogP contribution is -2.34. The van der Waals surface area contributed by atoms with Crippen LogP contribution in [-0.2, 0) is 22.8 Å². The standard InChI is InChI=1S/C29H32ClF3N2O4S/c1-5-34(6-2)23-15-14-21(19-35(18-20(3)4)28(36)25-12-7-8-13-26(25)30)27(17-23)39-40(37,38)24-11-9-10-22(16-24)29(31,32)33/h7-17,20H,5-6,18-19H2,1-4H3. The number of hydrogen-bond acceptors (Lipinski definition) is 5. The van der Waals surface area contributed by atoms with E-state index in [2.05, 4.69) is 0 Å². The highest BCUT2D eigenvalue weighted by Gasteiger charge is 2.32. The molecule has 40 heavy (non-hydrogen) atoms. The van der Waals surface area contributed by atoms with Gasteiger partial charge in [0.2, 0.25) is 0 Å². The van der Waals surface area contributed by atoms with Gasteiger partial charge in [-0.1, -0.05) is 49.7 Å². The molecule has 0 heterocycles. The van der Waals surface area contributed by atoms with Gasteiger partial charge in [0, 0.05) is 43.5 Å². The summed E-state index contributed by atoms with van der Waals surface area (Å²) >= 11 is 6.28. The molecule has 3 rings (SSSR count). The van der Waals surface area contributed by atoms with Gasteiger partial charge in [0.05, 0.1) is 16.1 Å². The van der Waals surface area contributed by atoms with Gasteiger partial charge in [0.1, 0.15) is 10.6 Å². The van der Waals surface area contributed by atoms with Crippen molar-refractivity contribution in [1.82, 2.24) is 4.90 Å². The molecule has 216 valence electrons. The molecule has 0 aliphatic rings. The van der Waals surface area contributed by atoms with Crippen LogP contribution in [-0.4, -0.2) is 38.9 Å². The SMILES string of the molecule is CCN(CC)c1ccc(CN(CC(C)C)C(=O)c2ccccc2Cl)c(OS(=O)(=O)c2cccc(C(F)(F)F)c2)c1. The largest absolute Gasteiger partial charge is 0.416 e. The number of amides is 1. The third-order valence-corrected chi connectivity index (χ3v) is 7.73. The first-order chi connectivity index (χ1) is 18.8. The fourth-order valence-corrected chi connectivity index (χ4v) is 5.42. The summed E-state index contributed by atoms with van der Waals surface area (Å²) in [5.74, 6) is -0.360. The Balaban J connectivity index is 2.07. The summed E-state index contributed by atoms with van der Waals surface area (Å²) in [6, 6.07) is 15.0. The molecule has 0 aliphatic heterocycles. The van der Waals surface area contributed by atoms with Crippen molar-refractivity contribution in [2.75, 3.05) is 24.5 Å². The third kappa shape index (κ3) is 7.69. The van der Waals surface area contributed by atoms with Gasteiger partial charge in [-0.2, -0.15) is 21.6 Å². The maximum Gasteiger partial charge on any atom is 0.416 e. The maximum absolute atomic E-state index is 13.5. The van der Waals surface area contributed by atoms with E-state index in [0.29, 0.717) is 42.5 Å². The van der Waals surface area contributed by atoms with Crippen molar-refractivity contribution in [3.8, 4) is 5.75 Å². The monoisotopic (exact) mass is 596 g/mol. The molecule has 11 heteroatoms. The normalized spacial score (nSPS) is 11.9. The number of carbonyl (C=O) groups is 1. The van der Waals surface area contributed by atoms with E-state index >= 15 is 0 Å². The molecular weight excluding hydrogens is 565 g/mol. The molecule has 1 amide bonds. The average molecular weight is 597 g/mol. The fourth-order valence-electron chi connectivity index (χ4n) is 4.20. The van der Waals surface area contributed by atoms with Crippen LogP contribution >= 0.6 is 11.6 Å². The van der Waals surface area contributed by atoms with Gasteiger partial charge in [0.25, 0.3) is 5.91 Å². The molecule has 0 aliphatic carbocycles. The molecule has 0 saturated carbocycles. The van der Waals surface area contributed by atoms with Crippen LogP contribution in [0.2, 0.25) is 5.02 Å². The van der Waals surface area contributed by atoms with E-state index in [9.17, 15) is 26.4 Å².